The normalized spacial score (nSPS) is 10.3. The summed E-state index contributed by atoms with van der Waals surface area (Å²) in [4.78, 5) is 12.6. The zero-order valence-corrected chi connectivity index (χ0v) is 12.9. The summed E-state index contributed by atoms with van der Waals surface area (Å²) in [6.07, 6.45) is 0. The van der Waals surface area contributed by atoms with Crippen LogP contribution in [0.5, 0.6) is 5.75 Å². The Kier molecular flexibility index (Phi) is 4.27. The van der Waals surface area contributed by atoms with E-state index in [2.05, 4.69) is 15.9 Å². The van der Waals surface area contributed by atoms with Crippen molar-refractivity contribution in [2.24, 2.45) is 0 Å². The smallest absolute Gasteiger partial charge is 0.197 e. The molecule has 0 atom stereocenters. The zero-order chi connectivity index (χ0) is 14.0. The molecule has 2 aromatic rings. The van der Waals surface area contributed by atoms with Gasteiger partial charge in [0.25, 0.3) is 0 Å². The van der Waals surface area contributed by atoms with Gasteiger partial charge in [-0.1, -0.05) is 39.7 Å². The fraction of sp³-hybridized carbons (Fsp3) is 0.133. The third kappa shape index (κ3) is 2.82. The maximum absolute atomic E-state index is 12.6. The molecule has 2 aromatic carbocycles. The summed E-state index contributed by atoms with van der Waals surface area (Å²) < 4.78 is 6.12. The lowest BCUT2D eigenvalue weighted by molar-refractivity contribution is 0.103. The van der Waals surface area contributed by atoms with Crippen LogP contribution >= 0.6 is 27.5 Å². The first-order chi connectivity index (χ1) is 9.04. The van der Waals surface area contributed by atoms with Crippen LogP contribution in [0.1, 0.15) is 21.5 Å². The van der Waals surface area contributed by atoms with E-state index in [9.17, 15) is 4.79 Å². The highest BCUT2D eigenvalue weighted by Crippen LogP contribution is 2.28. The molecule has 19 heavy (non-hydrogen) atoms. The van der Waals surface area contributed by atoms with E-state index in [1.165, 1.54) is 7.11 Å². The molecule has 4 heteroatoms. The second-order valence-corrected chi connectivity index (χ2v) is 5.38. The highest BCUT2D eigenvalue weighted by atomic mass is 79.9. The molecule has 0 aliphatic heterocycles. The van der Waals surface area contributed by atoms with E-state index < -0.39 is 0 Å². The number of ether oxygens (including phenoxy) is 1. The van der Waals surface area contributed by atoms with Crippen molar-refractivity contribution in [1.29, 1.82) is 0 Å². The third-order valence-electron chi connectivity index (χ3n) is 2.92. The van der Waals surface area contributed by atoms with Crippen molar-refractivity contribution in [2.75, 3.05) is 7.11 Å². The second kappa shape index (κ2) is 5.76. The third-order valence-corrected chi connectivity index (χ3v) is 4.01. The Bertz CT molecular complexity index is 638. The molecule has 0 radical (unpaired) electrons. The lowest BCUT2D eigenvalue weighted by Crippen LogP contribution is -2.06. The van der Waals surface area contributed by atoms with Crippen LogP contribution in [0.4, 0.5) is 0 Å². The van der Waals surface area contributed by atoms with Crippen LogP contribution < -0.4 is 4.74 Å². The van der Waals surface area contributed by atoms with Crippen molar-refractivity contribution >= 4 is 33.3 Å². The molecule has 0 aromatic heterocycles. The van der Waals surface area contributed by atoms with Gasteiger partial charge in [-0.15, -0.1) is 0 Å². The number of hydrogen-bond acceptors (Lipinski definition) is 2. The van der Waals surface area contributed by atoms with E-state index >= 15 is 0 Å². The van der Waals surface area contributed by atoms with Crippen molar-refractivity contribution in [3.8, 4) is 5.75 Å². The average Bonchev–Trinajstić information content (AvgIpc) is 2.41. The van der Waals surface area contributed by atoms with Crippen molar-refractivity contribution in [3.63, 3.8) is 0 Å². The fourth-order valence-corrected chi connectivity index (χ4v) is 2.39. The first-order valence-corrected chi connectivity index (χ1v) is 6.85. The number of rotatable bonds is 3. The maximum Gasteiger partial charge on any atom is 0.197 e. The van der Waals surface area contributed by atoms with Gasteiger partial charge in [-0.2, -0.15) is 0 Å². The van der Waals surface area contributed by atoms with Crippen LogP contribution in [0.2, 0.25) is 5.02 Å². The lowest BCUT2D eigenvalue weighted by atomic mass is 9.98. The monoisotopic (exact) mass is 338 g/mol. The summed E-state index contributed by atoms with van der Waals surface area (Å²) in [6, 6.07) is 10.6. The predicted molar refractivity (Wildman–Crippen MR) is 80.3 cm³/mol. The van der Waals surface area contributed by atoms with Crippen LogP contribution in [-0.2, 0) is 0 Å². The van der Waals surface area contributed by atoms with E-state index in [0.29, 0.717) is 21.9 Å². The summed E-state index contributed by atoms with van der Waals surface area (Å²) >= 11 is 9.39. The number of hydrogen-bond donors (Lipinski definition) is 0. The summed E-state index contributed by atoms with van der Waals surface area (Å²) in [5.74, 6) is 0.423. The molecular formula is C15H12BrClO2. The summed E-state index contributed by atoms with van der Waals surface area (Å²) in [7, 11) is 1.54. The van der Waals surface area contributed by atoms with Gasteiger partial charge in [0.1, 0.15) is 5.75 Å². The number of ketones is 1. The van der Waals surface area contributed by atoms with Crippen molar-refractivity contribution in [1.82, 2.24) is 0 Å². The molecular weight excluding hydrogens is 328 g/mol. The SMILES string of the molecule is COc1ccc(Cl)cc1C(=O)c1cccc(Br)c1C. The standard InChI is InChI=1S/C15H12BrClO2/c1-9-11(4-3-5-13(9)16)15(18)12-8-10(17)6-7-14(12)19-2/h3-8H,1-2H3. The predicted octanol–water partition coefficient (Wildman–Crippen LogP) is 4.65. The van der Waals surface area contributed by atoms with Crippen LogP contribution in [-0.4, -0.2) is 12.9 Å². The Labute approximate surface area is 125 Å². The number of carbonyl (C=O) groups excluding carboxylic acids is 1. The molecule has 2 nitrogen and oxygen atoms in total. The molecule has 0 saturated carbocycles. The molecule has 98 valence electrons. The van der Waals surface area contributed by atoms with Gasteiger partial charge in [-0.25, -0.2) is 0 Å². The van der Waals surface area contributed by atoms with Crippen molar-refractivity contribution in [3.05, 3.63) is 62.6 Å². The molecule has 0 saturated heterocycles. The van der Waals surface area contributed by atoms with Crippen molar-refractivity contribution < 1.29 is 9.53 Å². The Morgan fingerprint density at radius 3 is 2.63 bits per heavy atom. The van der Waals surface area contributed by atoms with Gasteiger partial charge < -0.3 is 4.74 Å². The molecule has 0 aliphatic rings. The molecule has 0 bridgehead atoms. The van der Waals surface area contributed by atoms with E-state index in [-0.39, 0.29) is 5.78 Å². The Morgan fingerprint density at radius 1 is 1.21 bits per heavy atom. The van der Waals surface area contributed by atoms with E-state index in [0.717, 1.165) is 10.0 Å². The van der Waals surface area contributed by atoms with Gasteiger partial charge in [0.15, 0.2) is 5.78 Å². The Balaban J connectivity index is 2.56. The van der Waals surface area contributed by atoms with E-state index in [1.807, 2.05) is 19.1 Å². The molecule has 0 fully saturated rings. The first-order valence-electron chi connectivity index (χ1n) is 5.68. The zero-order valence-electron chi connectivity index (χ0n) is 10.5. The summed E-state index contributed by atoms with van der Waals surface area (Å²) in [6.45, 7) is 1.90. The van der Waals surface area contributed by atoms with Crippen LogP contribution in [0, 0.1) is 6.92 Å². The largest absolute Gasteiger partial charge is 0.496 e. The van der Waals surface area contributed by atoms with E-state index in [4.69, 9.17) is 16.3 Å². The van der Waals surface area contributed by atoms with Gasteiger partial charge in [0, 0.05) is 15.1 Å². The molecule has 0 aliphatic carbocycles. The second-order valence-electron chi connectivity index (χ2n) is 4.09. The lowest BCUT2D eigenvalue weighted by Gasteiger charge is -2.10. The number of halogens is 2. The van der Waals surface area contributed by atoms with Gasteiger partial charge in [-0.3, -0.25) is 4.79 Å². The van der Waals surface area contributed by atoms with Crippen LogP contribution in [0.25, 0.3) is 0 Å². The molecule has 0 amide bonds. The molecule has 0 N–H and O–H groups in total. The quantitative estimate of drug-likeness (QED) is 0.761. The first kappa shape index (κ1) is 14.1. The van der Waals surface area contributed by atoms with Gasteiger partial charge in [0.05, 0.1) is 12.7 Å². The van der Waals surface area contributed by atoms with Gasteiger partial charge >= 0.3 is 0 Å². The summed E-state index contributed by atoms with van der Waals surface area (Å²) in [5, 5.41) is 0.511. The number of carbonyl (C=O) groups is 1. The Hall–Kier alpha value is -1.32. The number of benzene rings is 2. The molecule has 0 heterocycles. The minimum absolute atomic E-state index is 0.0989. The van der Waals surface area contributed by atoms with Gasteiger partial charge in [0.2, 0.25) is 0 Å². The van der Waals surface area contributed by atoms with Gasteiger partial charge in [-0.05, 0) is 36.8 Å². The molecule has 2 rings (SSSR count). The molecule has 0 spiro atoms. The summed E-state index contributed by atoms with van der Waals surface area (Å²) in [5.41, 5.74) is 2.00. The minimum atomic E-state index is -0.0989. The van der Waals surface area contributed by atoms with E-state index in [1.54, 1.807) is 24.3 Å². The highest BCUT2D eigenvalue weighted by Gasteiger charge is 2.17. The van der Waals surface area contributed by atoms with Crippen LogP contribution in [0.3, 0.4) is 0 Å². The highest BCUT2D eigenvalue weighted by molar-refractivity contribution is 9.10. The maximum atomic E-state index is 12.6. The van der Waals surface area contributed by atoms with Crippen molar-refractivity contribution in [2.45, 2.75) is 6.92 Å². The number of methoxy groups -OCH3 is 1. The Morgan fingerprint density at radius 2 is 1.95 bits per heavy atom. The van der Waals surface area contributed by atoms with Crippen LogP contribution in [0.15, 0.2) is 40.9 Å². The molecule has 0 unspecified atom stereocenters. The minimum Gasteiger partial charge on any atom is -0.496 e. The average molecular weight is 340 g/mol. The fourth-order valence-electron chi connectivity index (χ4n) is 1.86. The topological polar surface area (TPSA) is 26.3 Å².